The molecule has 2 aromatic carbocycles. The van der Waals surface area contributed by atoms with Gasteiger partial charge in [-0.1, -0.05) is 48.5 Å². The Morgan fingerprint density at radius 3 is 2.14 bits per heavy atom. The predicted octanol–water partition coefficient (Wildman–Crippen LogP) is 1.14. The van der Waals surface area contributed by atoms with Crippen LogP contribution in [0.5, 0.6) is 0 Å². The number of nitrogens with zero attached hydrogens (tertiary/aromatic N) is 1. The Balaban J connectivity index is 2.24. The Kier molecular flexibility index (Phi) is 4.76. The van der Waals surface area contributed by atoms with Crippen LogP contribution in [0.3, 0.4) is 0 Å². The second-order valence-electron chi connectivity index (χ2n) is 4.36. The number of hydrazone groups is 1. The average Bonchev–Trinajstić information content (AvgIpc) is 2.54. The molecule has 2 aromatic rings. The number of anilines is 1. The molecule has 0 aliphatic rings. The van der Waals surface area contributed by atoms with E-state index in [1.54, 1.807) is 0 Å². The molecule has 0 heterocycles. The van der Waals surface area contributed by atoms with Gasteiger partial charge in [0.2, 0.25) is 5.96 Å². The Labute approximate surface area is 122 Å². The van der Waals surface area contributed by atoms with Crippen molar-refractivity contribution in [1.82, 2.24) is 5.32 Å². The highest BCUT2D eigenvalue weighted by molar-refractivity contribution is 6.00. The van der Waals surface area contributed by atoms with Crippen LogP contribution < -0.4 is 22.2 Å². The zero-order chi connectivity index (χ0) is 15.1. The third-order valence-corrected chi connectivity index (χ3v) is 2.87. The van der Waals surface area contributed by atoms with Crippen LogP contribution in [-0.4, -0.2) is 11.9 Å². The summed E-state index contributed by atoms with van der Waals surface area (Å²) in [4.78, 5) is 12.3. The lowest BCUT2D eigenvalue weighted by atomic mass is 10.1. The molecule has 0 bridgehead atoms. The standard InChI is InChI=1S/C15H17N5O/c16-15(20-17)19-14(21)13(11-7-3-1-4-8-11)18-12-9-5-2-6-10-12/h1-10,13,18H,17H2,(H3,16,19,20,21). The summed E-state index contributed by atoms with van der Waals surface area (Å²) in [6.07, 6.45) is 0. The molecule has 6 N–H and O–H groups in total. The molecule has 0 saturated carbocycles. The normalized spacial score (nSPS) is 12.5. The summed E-state index contributed by atoms with van der Waals surface area (Å²) < 4.78 is 0. The zero-order valence-corrected chi connectivity index (χ0v) is 11.4. The van der Waals surface area contributed by atoms with Gasteiger partial charge in [0, 0.05) is 5.69 Å². The fourth-order valence-corrected chi connectivity index (χ4v) is 1.88. The Morgan fingerprint density at radius 2 is 1.57 bits per heavy atom. The summed E-state index contributed by atoms with van der Waals surface area (Å²) in [5, 5.41) is 8.86. The molecule has 0 fully saturated rings. The van der Waals surface area contributed by atoms with E-state index in [0.717, 1.165) is 11.3 Å². The van der Waals surface area contributed by atoms with E-state index in [-0.39, 0.29) is 11.9 Å². The first-order valence-electron chi connectivity index (χ1n) is 6.41. The third-order valence-electron chi connectivity index (χ3n) is 2.87. The molecule has 0 aliphatic carbocycles. The highest BCUT2D eigenvalue weighted by atomic mass is 16.2. The van der Waals surface area contributed by atoms with E-state index >= 15 is 0 Å². The number of hydrogen-bond donors (Lipinski definition) is 4. The van der Waals surface area contributed by atoms with Gasteiger partial charge in [-0.05, 0) is 17.7 Å². The second kappa shape index (κ2) is 6.95. The number of para-hydroxylation sites is 1. The van der Waals surface area contributed by atoms with Gasteiger partial charge in [0.05, 0.1) is 0 Å². The number of benzene rings is 2. The van der Waals surface area contributed by atoms with E-state index in [1.165, 1.54) is 0 Å². The number of nitrogens with one attached hydrogen (secondary N) is 2. The van der Waals surface area contributed by atoms with Gasteiger partial charge < -0.3 is 16.9 Å². The molecule has 0 radical (unpaired) electrons. The van der Waals surface area contributed by atoms with E-state index < -0.39 is 6.04 Å². The average molecular weight is 283 g/mol. The van der Waals surface area contributed by atoms with Crippen molar-refractivity contribution in [2.45, 2.75) is 6.04 Å². The molecule has 0 spiro atoms. The minimum atomic E-state index is -0.603. The molecule has 1 atom stereocenters. The topological polar surface area (TPSA) is 106 Å². The summed E-state index contributed by atoms with van der Waals surface area (Å²) in [6, 6.07) is 18.2. The summed E-state index contributed by atoms with van der Waals surface area (Å²) in [5.74, 6) is 4.57. The lowest BCUT2D eigenvalue weighted by molar-refractivity contribution is -0.120. The van der Waals surface area contributed by atoms with E-state index in [0.29, 0.717) is 0 Å². The first-order chi connectivity index (χ1) is 10.2. The summed E-state index contributed by atoms with van der Waals surface area (Å²) in [6.45, 7) is 0. The highest BCUT2D eigenvalue weighted by Gasteiger charge is 2.20. The van der Waals surface area contributed by atoms with Crippen molar-refractivity contribution in [3.8, 4) is 0 Å². The molecule has 1 amide bonds. The van der Waals surface area contributed by atoms with Gasteiger partial charge in [-0.25, -0.2) is 0 Å². The smallest absolute Gasteiger partial charge is 0.253 e. The largest absolute Gasteiger partial charge is 0.370 e. The first kappa shape index (κ1) is 14.4. The maximum Gasteiger partial charge on any atom is 0.253 e. The minimum Gasteiger partial charge on any atom is -0.370 e. The van der Waals surface area contributed by atoms with E-state index in [2.05, 4.69) is 15.7 Å². The maximum absolute atomic E-state index is 12.3. The van der Waals surface area contributed by atoms with Gasteiger partial charge >= 0.3 is 0 Å². The van der Waals surface area contributed by atoms with Crippen molar-refractivity contribution in [2.75, 3.05) is 5.32 Å². The summed E-state index contributed by atoms with van der Waals surface area (Å²) in [5.41, 5.74) is 7.08. The van der Waals surface area contributed by atoms with Crippen LogP contribution >= 0.6 is 0 Å². The first-order valence-corrected chi connectivity index (χ1v) is 6.41. The van der Waals surface area contributed by atoms with Crippen LogP contribution in [0.1, 0.15) is 11.6 Å². The molecule has 108 valence electrons. The Morgan fingerprint density at radius 1 is 1.00 bits per heavy atom. The van der Waals surface area contributed by atoms with Gasteiger partial charge in [-0.15, -0.1) is 5.10 Å². The van der Waals surface area contributed by atoms with Gasteiger partial charge in [-0.3, -0.25) is 10.1 Å². The van der Waals surface area contributed by atoms with Crippen LogP contribution in [0, 0.1) is 0 Å². The van der Waals surface area contributed by atoms with Crippen molar-refractivity contribution in [1.29, 1.82) is 0 Å². The van der Waals surface area contributed by atoms with Gasteiger partial charge in [0.1, 0.15) is 6.04 Å². The molecule has 6 nitrogen and oxygen atoms in total. The number of hydrogen-bond acceptors (Lipinski definition) is 4. The predicted molar refractivity (Wildman–Crippen MR) is 83.2 cm³/mol. The van der Waals surface area contributed by atoms with E-state index in [1.807, 2.05) is 60.7 Å². The highest BCUT2D eigenvalue weighted by Crippen LogP contribution is 2.19. The Bertz CT molecular complexity index is 612. The monoisotopic (exact) mass is 283 g/mol. The maximum atomic E-state index is 12.3. The molecule has 6 heteroatoms. The fraction of sp³-hybridized carbons (Fsp3) is 0.0667. The fourth-order valence-electron chi connectivity index (χ4n) is 1.88. The minimum absolute atomic E-state index is 0.129. The van der Waals surface area contributed by atoms with Crippen molar-refractivity contribution in [2.24, 2.45) is 16.7 Å². The molecule has 21 heavy (non-hydrogen) atoms. The molecule has 0 aromatic heterocycles. The Hall–Kier alpha value is -3.02. The zero-order valence-electron chi connectivity index (χ0n) is 11.4. The quantitative estimate of drug-likeness (QED) is 0.292. The van der Waals surface area contributed by atoms with Crippen LogP contribution in [-0.2, 0) is 4.79 Å². The summed E-state index contributed by atoms with van der Waals surface area (Å²) >= 11 is 0. The van der Waals surface area contributed by atoms with Gasteiger partial charge in [0.15, 0.2) is 0 Å². The van der Waals surface area contributed by atoms with Crippen molar-refractivity contribution < 1.29 is 4.79 Å². The number of nitrogens with two attached hydrogens (primary N) is 2. The molecular weight excluding hydrogens is 266 g/mol. The number of amides is 1. The molecule has 1 unspecified atom stereocenters. The number of carbonyl (C=O) groups excluding carboxylic acids is 1. The van der Waals surface area contributed by atoms with Crippen LogP contribution in [0.4, 0.5) is 5.69 Å². The van der Waals surface area contributed by atoms with Gasteiger partial charge in [0.25, 0.3) is 5.91 Å². The molecular formula is C15H17N5O. The lowest BCUT2D eigenvalue weighted by Crippen LogP contribution is -2.42. The van der Waals surface area contributed by atoms with Crippen LogP contribution in [0.2, 0.25) is 0 Å². The van der Waals surface area contributed by atoms with Crippen LogP contribution in [0.15, 0.2) is 65.8 Å². The van der Waals surface area contributed by atoms with E-state index in [4.69, 9.17) is 11.6 Å². The third kappa shape index (κ3) is 3.97. The lowest BCUT2D eigenvalue weighted by Gasteiger charge is -2.19. The van der Waals surface area contributed by atoms with Crippen molar-refractivity contribution in [3.05, 3.63) is 66.2 Å². The van der Waals surface area contributed by atoms with Crippen molar-refractivity contribution >= 4 is 17.6 Å². The number of guanidine groups is 1. The molecule has 0 aliphatic heterocycles. The number of carbonyl (C=O) groups is 1. The number of rotatable bonds is 4. The van der Waals surface area contributed by atoms with Gasteiger partial charge in [-0.2, -0.15) is 0 Å². The summed E-state index contributed by atoms with van der Waals surface area (Å²) in [7, 11) is 0. The van der Waals surface area contributed by atoms with Crippen molar-refractivity contribution in [3.63, 3.8) is 0 Å². The molecule has 0 saturated heterocycles. The second-order valence-corrected chi connectivity index (χ2v) is 4.36. The van der Waals surface area contributed by atoms with Crippen LogP contribution in [0.25, 0.3) is 0 Å². The van der Waals surface area contributed by atoms with E-state index in [9.17, 15) is 4.79 Å². The molecule has 2 rings (SSSR count). The SMILES string of the molecule is N/N=C(\N)NC(=O)C(Nc1ccccc1)c1ccccc1.